The first kappa shape index (κ1) is 11.5. The molecule has 0 unspecified atom stereocenters. The van der Waals surface area contributed by atoms with Gasteiger partial charge in [-0.15, -0.1) is 0 Å². The van der Waals surface area contributed by atoms with Gasteiger partial charge in [0, 0.05) is 5.69 Å². The standard InChI is InChI=1S/C11H17N3O/c1-9-6-5-7-10(8-9)12-11(15)13-14(2,3)4/h5-8H,1-4H3,(H-,12,13,15)/p+1. The lowest BCUT2D eigenvalue weighted by molar-refractivity contribution is -0.905. The lowest BCUT2D eigenvalue weighted by Gasteiger charge is -2.23. The summed E-state index contributed by atoms with van der Waals surface area (Å²) in [6.07, 6.45) is 0. The van der Waals surface area contributed by atoms with E-state index in [0.29, 0.717) is 4.59 Å². The predicted octanol–water partition coefficient (Wildman–Crippen LogP) is 1.74. The molecule has 0 aliphatic heterocycles. The number of rotatable bonds is 2. The van der Waals surface area contributed by atoms with E-state index in [1.165, 1.54) is 0 Å². The van der Waals surface area contributed by atoms with Crippen molar-refractivity contribution in [2.45, 2.75) is 6.92 Å². The van der Waals surface area contributed by atoms with E-state index < -0.39 is 0 Å². The van der Waals surface area contributed by atoms with Crippen molar-refractivity contribution in [1.82, 2.24) is 5.43 Å². The Morgan fingerprint density at radius 1 is 1.27 bits per heavy atom. The summed E-state index contributed by atoms with van der Waals surface area (Å²) in [5, 5.41) is 2.77. The molecule has 0 aliphatic rings. The second kappa shape index (κ2) is 4.31. The summed E-state index contributed by atoms with van der Waals surface area (Å²) in [6.45, 7) is 1.99. The van der Waals surface area contributed by atoms with Crippen molar-refractivity contribution in [2.24, 2.45) is 0 Å². The van der Waals surface area contributed by atoms with Crippen molar-refractivity contribution in [3.05, 3.63) is 29.8 Å². The summed E-state index contributed by atoms with van der Waals surface area (Å²) < 4.78 is 0.387. The van der Waals surface area contributed by atoms with Crippen LogP contribution in [0.15, 0.2) is 24.3 Å². The van der Waals surface area contributed by atoms with Gasteiger partial charge >= 0.3 is 6.03 Å². The second-order valence-electron chi connectivity index (χ2n) is 4.45. The molecule has 2 N–H and O–H groups in total. The summed E-state index contributed by atoms with van der Waals surface area (Å²) in [6, 6.07) is 7.49. The fourth-order valence-corrected chi connectivity index (χ4v) is 1.19. The van der Waals surface area contributed by atoms with Crippen LogP contribution in [-0.4, -0.2) is 31.8 Å². The van der Waals surface area contributed by atoms with Gasteiger partial charge in [-0.1, -0.05) is 12.1 Å². The average Bonchev–Trinajstić information content (AvgIpc) is 1.99. The van der Waals surface area contributed by atoms with Crippen LogP contribution in [0.1, 0.15) is 5.56 Å². The molecule has 0 bridgehead atoms. The Balaban J connectivity index is 2.59. The van der Waals surface area contributed by atoms with Crippen LogP contribution in [0.5, 0.6) is 0 Å². The summed E-state index contributed by atoms with van der Waals surface area (Å²) in [4.78, 5) is 11.5. The van der Waals surface area contributed by atoms with E-state index in [2.05, 4.69) is 10.7 Å². The summed E-state index contributed by atoms with van der Waals surface area (Å²) in [5.41, 5.74) is 4.70. The summed E-state index contributed by atoms with van der Waals surface area (Å²) >= 11 is 0. The van der Waals surface area contributed by atoms with Crippen LogP contribution >= 0.6 is 0 Å². The van der Waals surface area contributed by atoms with Crippen molar-refractivity contribution in [3.8, 4) is 0 Å². The third-order valence-electron chi connectivity index (χ3n) is 1.71. The predicted molar refractivity (Wildman–Crippen MR) is 61.4 cm³/mol. The van der Waals surface area contributed by atoms with Crippen molar-refractivity contribution in [3.63, 3.8) is 0 Å². The number of benzene rings is 1. The number of aryl methyl sites for hydroxylation is 1. The number of carbonyl (C=O) groups excluding carboxylic acids is 1. The molecule has 0 atom stereocenters. The number of amides is 2. The molecule has 0 heterocycles. The third kappa shape index (κ3) is 4.46. The van der Waals surface area contributed by atoms with E-state index in [0.717, 1.165) is 11.3 Å². The van der Waals surface area contributed by atoms with E-state index >= 15 is 0 Å². The molecule has 4 nitrogen and oxygen atoms in total. The molecule has 2 amide bonds. The lowest BCUT2D eigenvalue weighted by Crippen LogP contribution is -2.52. The Bertz CT molecular complexity index is 355. The second-order valence-corrected chi connectivity index (χ2v) is 4.45. The SMILES string of the molecule is Cc1cccc(NC(=O)N[N+](C)(C)C)c1. The zero-order valence-electron chi connectivity index (χ0n) is 9.66. The van der Waals surface area contributed by atoms with Crippen molar-refractivity contribution in [1.29, 1.82) is 0 Å². The quantitative estimate of drug-likeness (QED) is 0.564. The lowest BCUT2D eigenvalue weighted by atomic mass is 10.2. The van der Waals surface area contributed by atoms with Crippen LogP contribution in [-0.2, 0) is 0 Å². The minimum absolute atomic E-state index is 0.201. The van der Waals surface area contributed by atoms with Gasteiger partial charge in [-0.2, -0.15) is 5.43 Å². The van der Waals surface area contributed by atoms with Gasteiger partial charge in [0.15, 0.2) is 0 Å². The van der Waals surface area contributed by atoms with E-state index in [4.69, 9.17) is 0 Å². The minimum Gasteiger partial charge on any atom is -0.304 e. The van der Waals surface area contributed by atoms with Gasteiger partial charge < -0.3 is 5.32 Å². The number of hydrogen-bond acceptors (Lipinski definition) is 1. The average molecular weight is 208 g/mol. The molecule has 1 rings (SSSR count). The first-order valence-electron chi connectivity index (χ1n) is 4.84. The number of urea groups is 1. The molecule has 1 aromatic carbocycles. The molecule has 4 heteroatoms. The van der Waals surface area contributed by atoms with Crippen molar-refractivity contribution >= 4 is 11.7 Å². The van der Waals surface area contributed by atoms with Crippen LogP contribution in [0.2, 0.25) is 0 Å². The third-order valence-corrected chi connectivity index (χ3v) is 1.71. The van der Waals surface area contributed by atoms with Gasteiger partial charge in [0.05, 0.1) is 21.1 Å². The molecule has 0 radical (unpaired) electrons. The molecule has 15 heavy (non-hydrogen) atoms. The number of hydrogen-bond donors (Lipinski definition) is 2. The molecule has 0 spiro atoms. The van der Waals surface area contributed by atoms with E-state index in [-0.39, 0.29) is 6.03 Å². The highest BCUT2D eigenvalue weighted by Crippen LogP contribution is 2.09. The van der Waals surface area contributed by atoms with Gasteiger partial charge in [-0.05, 0) is 24.6 Å². The Kier molecular flexibility index (Phi) is 3.31. The Hall–Kier alpha value is -1.55. The van der Waals surface area contributed by atoms with Crippen LogP contribution in [0.25, 0.3) is 0 Å². The smallest absolute Gasteiger partial charge is 0.304 e. The van der Waals surface area contributed by atoms with E-state index in [1.807, 2.05) is 52.3 Å². The molecular formula is C11H18N3O+. The Labute approximate surface area is 90.5 Å². The number of nitrogens with zero attached hydrogens (tertiary/aromatic N) is 1. The highest BCUT2D eigenvalue weighted by molar-refractivity contribution is 5.88. The highest BCUT2D eigenvalue weighted by atomic mass is 16.2. The molecule has 0 fully saturated rings. The van der Waals surface area contributed by atoms with E-state index in [1.54, 1.807) is 0 Å². The fraction of sp³-hybridized carbons (Fsp3) is 0.364. The van der Waals surface area contributed by atoms with Crippen LogP contribution in [0.3, 0.4) is 0 Å². The Morgan fingerprint density at radius 3 is 2.47 bits per heavy atom. The maximum atomic E-state index is 11.5. The van der Waals surface area contributed by atoms with E-state index in [9.17, 15) is 4.79 Å². The molecule has 82 valence electrons. The molecular weight excluding hydrogens is 190 g/mol. The molecule has 0 aromatic heterocycles. The topological polar surface area (TPSA) is 41.1 Å². The zero-order chi connectivity index (χ0) is 11.5. The molecule has 0 saturated heterocycles. The van der Waals surface area contributed by atoms with Gasteiger partial charge in [-0.25, -0.2) is 9.39 Å². The molecule has 1 aromatic rings. The number of anilines is 1. The number of carbonyl (C=O) groups is 1. The minimum atomic E-state index is -0.201. The maximum Gasteiger partial charge on any atom is 0.363 e. The highest BCUT2D eigenvalue weighted by Gasteiger charge is 2.11. The first-order chi connectivity index (χ1) is 6.87. The fourth-order valence-electron chi connectivity index (χ4n) is 1.19. The van der Waals surface area contributed by atoms with Crippen LogP contribution in [0, 0.1) is 6.92 Å². The summed E-state index contributed by atoms with van der Waals surface area (Å²) in [5.74, 6) is 0. The normalized spacial score (nSPS) is 10.9. The van der Waals surface area contributed by atoms with Crippen molar-refractivity contribution < 1.29 is 9.39 Å². The summed E-state index contributed by atoms with van der Waals surface area (Å²) in [7, 11) is 5.65. The number of nitrogens with one attached hydrogen (secondary N) is 2. The van der Waals surface area contributed by atoms with Gasteiger partial charge in [0.25, 0.3) is 0 Å². The van der Waals surface area contributed by atoms with Gasteiger partial charge in [-0.3, -0.25) is 0 Å². The van der Waals surface area contributed by atoms with Crippen LogP contribution in [0.4, 0.5) is 10.5 Å². The zero-order valence-corrected chi connectivity index (χ0v) is 9.66. The monoisotopic (exact) mass is 208 g/mol. The number of quaternary nitrogens is 1. The molecule has 0 aliphatic carbocycles. The van der Waals surface area contributed by atoms with Crippen molar-refractivity contribution in [2.75, 3.05) is 26.5 Å². The van der Waals surface area contributed by atoms with Crippen LogP contribution < -0.4 is 10.7 Å². The Morgan fingerprint density at radius 2 is 1.93 bits per heavy atom. The maximum absolute atomic E-state index is 11.5. The van der Waals surface area contributed by atoms with Gasteiger partial charge in [0.2, 0.25) is 0 Å². The largest absolute Gasteiger partial charge is 0.363 e. The van der Waals surface area contributed by atoms with Gasteiger partial charge in [0.1, 0.15) is 0 Å². The molecule has 0 saturated carbocycles. The first-order valence-corrected chi connectivity index (χ1v) is 4.84.